The van der Waals surface area contributed by atoms with Gasteiger partial charge in [0.05, 0.1) is 24.3 Å². The van der Waals surface area contributed by atoms with Gasteiger partial charge >= 0.3 is 0 Å². The number of aromatic nitrogens is 2. The molecule has 25 heavy (non-hydrogen) atoms. The van der Waals surface area contributed by atoms with Crippen LogP contribution in [0.1, 0.15) is 18.4 Å². The van der Waals surface area contributed by atoms with Gasteiger partial charge in [0.1, 0.15) is 11.5 Å². The molecule has 128 valence electrons. The third-order valence-corrected chi connectivity index (χ3v) is 4.50. The highest BCUT2D eigenvalue weighted by molar-refractivity contribution is 5.74. The highest BCUT2D eigenvalue weighted by Gasteiger charge is 2.15. The van der Waals surface area contributed by atoms with Crippen molar-refractivity contribution in [3.8, 4) is 17.4 Å². The number of hydrogen-bond donors (Lipinski definition) is 0. The van der Waals surface area contributed by atoms with Crippen molar-refractivity contribution in [3.05, 3.63) is 54.2 Å². The summed E-state index contributed by atoms with van der Waals surface area (Å²) in [5.41, 5.74) is 2.85. The molecule has 0 radical (unpaired) electrons. The molecule has 0 atom stereocenters. The first-order valence-corrected chi connectivity index (χ1v) is 8.61. The van der Waals surface area contributed by atoms with Crippen LogP contribution in [0, 0.1) is 0 Å². The Balaban J connectivity index is 1.54. The van der Waals surface area contributed by atoms with E-state index in [0.29, 0.717) is 11.6 Å². The van der Waals surface area contributed by atoms with Crippen LogP contribution in [0.5, 0.6) is 17.4 Å². The first-order chi connectivity index (χ1) is 12.3. The minimum absolute atomic E-state index is 0.480. The third-order valence-electron chi connectivity index (χ3n) is 4.50. The minimum atomic E-state index is 0.480. The third kappa shape index (κ3) is 3.56. The van der Waals surface area contributed by atoms with Crippen LogP contribution in [0.25, 0.3) is 11.0 Å². The molecular weight excluding hydrogens is 314 g/mol. The summed E-state index contributed by atoms with van der Waals surface area (Å²) < 4.78 is 11.4. The van der Waals surface area contributed by atoms with Gasteiger partial charge in [-0.15, -0.1) is 0 Å². The average Bonchev–Trinajstić information content (AvgIpc) is 3.16. The van der Waals surface area contributed by atoms with Gasteiger partial charge < -0.3 is 9.47 Å². The fourth-order valence-corrected chi connectivity index (χ4v) is 3.21. The molecule has 4 rings (SSSR count). The van der Waals surface area contributed by atoms with Crippen molar-refractivity contribution in [1.82, 2.24) is 14.9 Å². The maximum absolute atomic E-state index is 5.89. The molecule has 0 unspecified atom stereocenters. The number of hydrogen-bond acceptors (Lipinski definition) is 5. The standard InChI is InChI=1S/C20H21N3O2/c1-24-19-12-16(9-8-15(19)14-23-10-4-5-11-23)25-20-13-21-17-6-2-3-7-18(17)22-20/h2-3,6-9,12-13H,4-5,10-11,14H2,1H3. The summed E-state index contributed by atoms with van der Waals surface area (Å²) in [5, 5.41) is 0. The van der Waals surface area contributed by atoms with Crippen molar-refractivity contribution >= 4 is 11.0 Å². The van der Waals surface area contributed by atoms with Gasteiger partial charge in [-0.1, -0.05) is 18.2 Å². The molecule has 1 aliphatic rings. The number of benzene rings is 2. The Morgan fingerprint density at radius 3 is 2.64 bits per heavy atom. The van der Waals surface area contributed by atoms with Crippen molar-refractivity contribution in [2.75, 3.05) is 20.2 Å². The van der Waals surface area contributed by atoms with Crippen LogP contribution in [0.4, 0.5) is 0 Å². The van der Waals surface area contributed by atoms with Crippen LogP contribution < -0.4 is 9.47 Å². The van der Waals surface area contributed by atoms with Crippen LogP contribution >= 0.6 is 0 Å². The van der Waals surface area contributed by atoms with Gasteiger partial charge in [-0.3, -0.25) is 4.90 Å². The van der Waals surface area contributed by atoms with Crippen molar-refractivity contribution in [1.29, 1.82) is 0 Å². The van der Waals surface area contributed by atoms with E-state index in [1.54, 1.807) is 13.3 Å². The average molecular weight is 335 g/mol. The van der Waals surface area contributed by atoms with Crippen molar-refractivity contribution < 1.29 is 9.47 Å². The molecule has 1 aliphatic heterocycles. The van der Waals surface area contributed by atoms with E-state index in [1.165, 1.54) is 18.4 Å². The lowest BCUT2D eigenvalue weighted by atomic mass is 10.2. The van der Waals surface area contributed by atoms with Gasteiger partial charge in [0.2, 0.25) is 5.88 Å². The van der Waals surface area contributed by atoms with Crippen molar-refractivity contribution in [2.45, 2.75) is 19.4 Å². The lowest BCUT2D eigenvalue weighted by molar-refractivity contribution is 0.320. The quantitative estimate of drug-likeness (QED) is 0.704. The summed E-state index contributed by atoms with van der Waals surface area (Å²) in [7, 11) is 1.70. The van der Waals surface area contributed by atoms with Gasteiger partial charge in [-0.2, -0.15) is 0 Å². The molecule has 0 spiro atoms. The van der Waals surface area contributed by atoms with E-state index in [0.717, 1.165) is 36.4 Å². The number of methoxy groups -OCH3 is 1. The minimum Gasteiger partial charge on any atom is -0.496 e. The van der Waals surface area contributed by atoms with E-state index in [1.807, 2.05) is 36.4 Å². The van der Waals surface area contributed by atoms with Crippen molar-refractivity contribution in [3.63, 3.8) is 0 Å². The molecule has 1 saturated heterocycles. The smallest absolute Gasteiger partial charge is 0.238 e. The molecule has 5 heteroatoms. The van der Waals surface area contributed by atoms with Crippen LogP contribution in [-0.2, 0) is 6.54 Å². The SMILES string of the molecule is COc1cc(Oc2cnc3ccccc3n2)ccc1CN1CCCC1. The summed E-state index contributed by atoms with van der Waals surface area (Å²) >= 11 is 0. The first-order valence-electron chi connectivity index (χ1n) is 8.61. The summed E-state index contributed by atoms with van der Waals surface area (Å²) in [6.45, 7) is 3.24. The zero-order valence-corrected chi connectivity index (χ0v) is 14.3. The predicted molar refractivity (Wildman–Crippen MR) is 97.1 cm³/mol. The summed E-state index contributed by atoms with van der Waals surface area (Å²) in [4.78, 5) is 11.3. The van der Waals surface area contributed by atoms with Gasteiger partial charge in [0.15, 0.2) is 0 Å². The maximum atomic E-state index is 5.89. The van der Waals surface area contributed by atoms with E-state index < -0.39 is 0 Å². The van der Waals surface area contributed by atoms with Gasteiger partial charge in [-0.25, -0.2) is 9.97 Å². The van der Waals surface area contributed by atoms with Gasteiger partial charge in [-0.05, 0) is 44.1 Å². The molecule has 2 heterocycles. The molecule has 1 fully saturated rings. The molecule has 0 amide bonds. The fourth-order valence-electron chi connectivity index (χ4n) is 3.21. The molecule has 2 aromatic carbocycles. The Labute approximate surface area is 147 Å². The Bertz CT molecular complexity index is 876. The van der Waals surface area contributed by atoms with Crippen LogP contribution in [0.3, 0.4) is 0 Å². The number of fused-ring (bicyclic) bond motifs is 1. The highest BCUT2D eigenvalue weighted by Crippen LogP contribution is 2.29. The largest absolute Gasteiger partial charge is 0.496 e. The number of nitrogens with zero attached hydrogens (tertiary/aromatic N) is 3. The topological polar surface area (TPSA) is 47.5 Å². The fraction of sp³-hybridized carbons (Fsp3) is 0.300. The number of likely N-dealkylation sites (tertiary alicyclic amines) is 1. The molecular formula is C20H21N3O2. The number of para-hydroxylation sites is 2. The van der Waals surface area contributed by atoms with Crippen molar-refractivity contribution in [2.24, 2.45) is 0 Å². The molecule has 3 aromatic rings. The molecule has 0 aliphatic carbocycles. The second-order valence-electron chi connectivity index (χ2n) is 6.26. The summed E-state index contributed by atoms with van der Waals surface area (Å²) in [6, 6.07) is 13.7. The highest BCUT2D eigenvalue weighted by atomic mass is 16.5. The molecule has 0 bridgehead atoms. The Kier molecular flexibility index (Phi) is 4.48. The zero-order chi connectivity index (χ0) is 17.1. The lowest BCUT2D eigenvalue weighted by Gasteiger charge is -2.17. The molecule has 0 saturated carbocycles. The first kappa shape index (κ1) is 15.8. The Morgan fingerprint density at radius 1 is 1.04 bits per heavy atom. The maximum Gasteiger partial charge on any atom is 0.238 e. The monoisotopic (exact) mass is 335 g/mol. The van der Waals surface area contributed by atoms with E-state index in [-0.39, 0.29) is 0 Å². The van der Waals surface area contributed by atoms with E-state index >= 15 is 0 Å². The number of ether oxygens (including phenoxy) is 2. The summed E-state index contributed by atoms with van der Waals surface area (Å²) in [5.74, 6) is 2.03. The molecule has 0 N–H and O–H groups in total. The lowest BCUT2D eigenvalue weighted by Crippen LogP contribution is -2.18. The molecule has 1 aromatic heterocycles. The van der Waals surface area contributed by atoms with Crippen LogP contribution in [0.15, 0.2) is 48.7 Å². The van der Waals surface area contributed by atoms with E-state index in [4.69, 9.17) is 9.47 Å². The van der Waals surface area contributed by atoms with Gasteiger partial charge in [0, 0.05) is 18.2 Å². The number of rotatable bonds is 5. The second kappa shape index (κ2) is 7.07. The summed E-state index contributed by atoms with van der Waals surface area (Å²) in [6.07, 6.45) is 4.21. The zero-order valence-electron chi connectivity index (χ0n) is 14.3. The van der Waals surface area contributed by atoms with E-state index in [9.17, 15) is 0 Å². The van der Waals surface area contributed by atoms with Crippen LogP contribution in [0.2, 0.25) is 0 Å². The normalized spacial score (nSPS) is 14.8. The van der Waals surface area contributed by atoms with E-state index in [2.05, 4.69) is 20.9 Å². The predicted octanol–water partition coefficient (Wildman–Crippen LogP) is 4.03. The van der Waals surface area contributed by atoms with Gasteiger partial charge in [0.25, 0.3) is 0 Å². The Morgan fingerprint density at radius 2 is 1.84 bits per heavy atom. The Hall–Kier alpha value is -2.66. The van der Waals surface area contributed by atoms with Crippen LogP contribution in [-0.4, -0.2) is 35.1 Å². The second-order valence-corrected chi connectivity index (χ2v) is 6.26. The molecule has 5 nitrogen and oxygen atoms in total.